The molecule has 0 spiro atoms. The van der Waals surface area contributed by atoms with E-state index in [1.54, 1.807) is 0 Å². The number of pyridine rings is 1. The molecule has 1 atom stereocenters. The van der Waals surface area contributed by atoms with Crippen LogP contribution in [0.3, 0.4) is 0 Å². The molecule has 3 aromatic rings. The summed E-state index contributed by atoms with van der Waals surface area (Å²) in [5, 5.41) is 12.4. The monoisotopic (exact) mass is 386 g/mol. The zero-order valence-electron chi connectivity index (χ0n) is 14.8. The number of carboxylic acid groups (broad SMARTS) is 1. The standard InChI is InChI=1S/C20H16F2N2O4/c1-9-12-3-2-10(6-11(12)7-23-9)13-4-5-14-16(18(13)28-20(21)22)24-8-15(17(14)25)19(26)27/h2-6,8-9,20,23H,7H2,1H3,(H,24,25)(H,26,27). The van der Waals surface area contributed by atoms with Crippen LogP contribution in [0, 0.1) is 0 Å². The van der Waals surface area contributed by atoms with Gasteiger partial charge >= 0.3 is 12.6 Å². The van der Waals surface area contributed by atoms with Crippen LogP contribution in [0.25, 0.3) is 22.0 Å². The van der Waals surface area contributed by atoms with Crippen molar-refractivity contribution >= 4 is 16.9 Å². The van der Waals surface area contributed by atoms with Crippen molar-refractivity contribution in [2.75, 3.05) is 0 Å². The summed E-state index contributed by atoms with van der Waals surface area (Å²) in [7, 11) is 0. The topological polar surface area (TPSA) is 91.4 Å². The molecule has 2 heterocycles. The van der Waals surface area contributed by atoms with Gasteiger partial charge in [-0.15, -0.1) is 0 Å². The minimum atomic E-state index is -3.11. The molecule has 0 amide bonds. The average Bonchev–Trinajstić information content (AvgIpc) is 3.02. The van der Waals surface area contributed by atoms with Crippen LogP contribution >= 0.6 is 0 Å². The van der Waals surface area contributed by atoms with Gasteiger partial charge in [0, 0.05) is 24.3 Å². The molecule has 0 saturated heterocycles. The Morgan fingerprint density at radius 3 is 2.79 bits per heavy atom. The first kappa shape index (κ1) is 18.1. The Balaban J connectivity index is 1.95. The van der Waals surface area contributed by atoms with Gasteiger partial charge in [-0.3, -0.25) is 4.79 Å². The van der Waals surface area contributed by atoms with Gasteiger partial charge in [0.15, 0.2) is 5.75 Å². The van der Waals surface area contributed by atoms with E-state index < -0.39 is 23.6 Å². The lowest BCUT2D eigenvalue weighted by atomic mass is 9.96. The predicted molar refractivity (Wildman–Crippen MR) is 98.9 cm³/mol. The highest BCUT2D eigenvalue weighted by Gasteiger charge is 2.22. The van der Waals surface area contributed by atoms with E-state index in [0.717, 1.165) is 17.3 Å². The summed E-state index contributed by atoms with van der Waals surface area (Å²) in [6.45, 7) is -0.400. The van der Waals surface area contributed by atoms with Gasteiger partial charge < -0.3 is 20.1 Å². The fraction of sp³-hybridized carbons (Fsp3) is 0.200. The summed E-state index contributed by atoms with van der Waals surface area (Å²) in [5.74, 6) is -1.59. The van der Waals surface area contributed by atoms with E-state index in [4.69, 9.17) is 9.84 Å². The molecule has 6 nitrogen and oxygen atoms in total. The maximum atomic E-state index is 13.1. The number of aromatic amines is 1. The number of halogens is 2. The van der Waals surface area contributed by atoms with Crippen molar-refractivity contribution in [3.05, 3.63) is 63.4 Å². The molecule has 1 aliphatic rings. The van der Waals surface area contributed by atoms with Gasteiger partial charge in [-0.2, -0.15) is 8.78 Å². The second kappa shape index (κ2) is 6.72. The molecule has 0 saturated carbocycles. The molecule has 0 aliphatic carbocycles. The summed E-state index contributed by atoms with van der Waals surface area (Å²) in [6.07, 6.45) is 0.989. The average molecular weight is 386 g/mol. The minimum Gasteiger partial charge on any atom is -0.477 e. The highest BCUT2D eigenvalue weighted by molar-refractivity contribution is 5.97. The Morgan fingerprint density at radius 1 is 1.29 bits per heavy atom. The highest BCUT2D eigenvalue weighted by Crippen LogP contribution is 2.38. The Morgan fingerprint density at radius 2 is 2.07 bits per heavy atom. The number of H-pyrrole nitrogens is 1. The number of ether oxygens (including phenoxy) is 1. The lowest BCUT2D eigenvalue weighted by Gasteiger charge is -2.15. The van der Waals surface area contributed by atoms with Crippen molar-refractivity contribution in [1.29, 1.82) is 0 Å². The molecule has 4 rings (SSSR count). The van der Waals surface area contributed by atoms with Crippen LogP contribution in [-0.4, -0.2) is 22.7 Å². The van der Waals surface area contributed by atoms with Crippen molar-refractivity contribution in [2.24, 2.45) is 0 Å². The molecule has 8 heteroatoms. The minimum absolute atomic E-state index is 0.0276. The third-order valence-corrected chi connectivity index (χ3v) is 4.96. The van der Waals surface area contributed by atoms with E-state index >= 15 is 0 Å². The van der Waals surface area contributed by atoms with Gasteiger partial charge in [0.25, 0.3) is 0 Å². The largest absolute Gasteiger partial charge is 0.477 e. The van der Waals surface area contributed by atoms with Crippen LogP contribution in [0.15, 0.2) is 41.3 Å². The second-order valence-electron chi connectivity index (χ2n) is 6.60. The number of hydrogen-bond acceptors (Lipinski definition) is 4. The molecular formula is C20H16F2N2O4. The van der Waals surface area contributed by atoms with Crippen LogP contribution in [0.2, 0.25) is 0 Å². The van der Waals surface area contributed by atoms with E-state index in [1.165, 1.54) is 12.1 Å². The zero-order chi connectivity index (χ0) is 20.0. The van der Waals surface area contributed by atoms with Gasteiger partial charge in [0.2, 0.25) is 5.43 Å². The first-order valence-corrected chi connectivity index (χ1v) is 8.60. The number of benzene rings is 2. The third-order valence-electron chi connectivity index (χ3n) is 4.96. The molecule has 0 radical (unpaired) electrons. The van der Waals surface area contributed by atoms with Crippen LogP contribution in [0.1, 0.15) is 34.5 Å². The van der Waals surface area contributed by atoms with Crippen molar-refractivity contribution in [3.63, 3.8) is 0 Å². The van der Waals surface area contributed by atoms with Crippen LogP contribution in [0.4, 0.5) is 8.78 Å². The van der Waals surface area contributed by atoms with E-state index in [9.17, 15) is 18.4 Å². The first-order chi connectivity index (χ1) is 13.4. The molecule has 28 heavy (non-hydrogen) atoms. The SMILES string of the molecule is CC1NCc2cc(-c3ccc4c(=O)c(C(=O)O)c[nH]c4c3OC(F)F)ccc21. The number of hydrogen-bond donors (Lipinski definition) is 3. The number of carboxylic acids is 1. The highest BCUT2D eigenvalue weighted by atomic mass is 19.3. The molecule has 0 bridgehead atoms. The van der Waals surface area contributed by atoms with E-state index in [0.29, 0.717) is 17.7 Å². The van der Waals surface area contributed by atoms with Crippen molar-refractivity contribution in [3.8, 4) is 16.9 Å². The number of carbonyl (C=O) groups is 1. The normalized spacial score (nSPS) is 15.8. The van der Waals surface area contributed by atoms with Crippen molar-refractivity contribution in [2.45, 2.75) is 26.1 Å². The first-order valence-electron chi connectivity index (χ1n) is 8.60. The Bertz CT molecular complexity index is 1160. The molecule has 3 N–H and O–H groups in total. The Labute approximate surface area is 157 Å². The van der Waals surface area contributed by atoms with Gasteiger partial charge in [-0.1, -0.05) is 12.1 Å². The number of alkyl halides is 2. The Kier molecular flexibility index (Phi) is 4.35. The van der Waals surface area contributed by atoms with Crippen LogP contribution < -0.4 is 15.5 Å². The van der Waals surface area contributed by atoms with Crippen molar-refractivity contribution < 1.29 is 23.4 Å². The number of aromatic nitrogens is 1. The van der Waals surface area contributed by atoms with Gasteiger partial charge in [-0.05, 0) is 41.8 Å². The van der Waals surface area contributed by atoms with Crippen molar-refractivity contribution in [1.82, 2.24) is 10.3 Å². The van der Waals surface area contributed by atoms with E-state index in [1.807, 2.05) is 25.1 Å². The number of rotatable bonds is 4. The molecule has 2 aromatic carbocycles. The summed E-state index contributed by atoms with van der Waals surface area (Å²) in [6, 6.07) is 8.77. The lowest BCUT2D eigenvalue weighted by Crippen LogP contribution is -2.16. The summed E-state index contributed by atoms with van der Waals surface area (Å²) >= 11 is 0. The van der Waals surface area contributed by atoms with E-state index in [2.05, 4.69) is 10.3 Å². The quantitative estimate of drug-likeness (QED) is 0.637. The summed E-state index contributed by atoms with van der Waals surface area (Å²) in [5.41, 5.74) is 2.03. The fourth-order valence-corrected chi connectivity index (χ4v) is 3.59. The maximum Gasteiger partial charge on any atom is 0.387 e. The smallest absolute Gasteiger partial charge is 0.387 e. The number of nitrogens with one attached hydrogen (secondary N) is 2. The molecule has 144 valence electrons. The number of aromatic carboxylic acids is 1. The van der Waals surface area contributed by atoms with Gasteiger partial charge in [0.1, 0.15) is 5.56 Å². The lowest BCUT2D eigenvalue weighted by molar-refractivity contribution is -0.0485. The van der Waals surface area contributed by atoms with E-state index in [-0.39, 0.29) is 22.7 Å². The molecule has 1 aromatic heterocycles. The third kappa shape index (κ3) is 2.91. The Hall–Kier alpha value is -3.26. The van der Waals surface area contributed by atoms with Gasteiger partial charge in [-0.25, -0.2) is 4.79 Å². The molecule has 1 aliphatic heterocycles. The summed E-state index contributed by atoms with van der Waals surface area (Å²) < 4.78 is 31.0. The fourth-order valence-electron chi connectivity index (χ4n) is 3.59. The zero-order valence-corrected chi connectivity index (χ0v) is 14.8. The maximum absolute atomic E-state index is 13.1. The number of fused-ring (bicyclic) bond motifs is 2. The second-order valence-corrected chi connectivity index (χ2v) is 6.60. The van der Waals surface area contributed by atoms with Crippen LogP contribution in [-0.2, 0) is 6.54 Å². The molecule has 1 unspecified atom stereocenters. The molecular weight excluding hydrogens is 370 g/mol. The van der Waals surface area contributed by atoms with Gasteiger partial charge in [0.05, 0.1) is 10.9 Å². The molecule has 0 fully saturated rings. The predicted octanol–water partition coefficient (Wildman–Crippen LogP) is 3.66. The van der Waals surface area contributed by atoms with Crippen LogP contribution in [0.5, 0.6) is 5.75 Å². The summed E-state index contributed by atoms with van der Waals surface area (Å²) in [4.78, 5) is 26.2.